The van der Waals surface area contributed by atoms with Crippen molar-refractivity contribution in [3.05, 3.63) is 40.4 Å². The third-order valence-electron chi connectivity index (χ3n) is 2.48. The van der Waals surface area contributed by atoms with Crippen LogP contribution in [0, 0.1) is 0 Å². The van der Waals surface area contributed by atoms with Gasteiger partial charge in [0.2, 0.25) is 5.88 Å². The van der Waals surface area contributed by atoms with Crippen molar-refractivity contribution in [3.8, 4) is 5.88 Å². The van der Waals surface area contributed by atoms with Crippen LogP contribution in [0.25, 0.3) is 0 Å². The molecule has 1 aromatic carbocycles. The molecule has 2 rings (SSSR count). The molecule has 0 atom stereocenters. The summed E-state index contributed by atoms with van der Waals surface area (Å²) in [7, 11) is 0. The van der Waals surface area contributed by atoms with Crippen molar-refractivity contribution in [2.24, 2.45) is 0 Å². The van der Waals surface area contributed by atoms with Gasteiger partial charge in [-0.05, 0) is 51.1 Å². The number of nitrogens with two attached hydrogens (primary N) is 1. The second-order valence-corrected chi connectivity index (χ2v) is 6.40. The molecule has 4 nitrogen and oxygen atoms in total. The van der Waals surface area contributed by atoms with Gasteiger partial charge in [-0.3, -0.25) is 0 Å². The summed E-state index contributed by atoms with van der Waals surface area (Å²) in [6.07, 6.45) is 0. The van der Waals surface area contributed by atoms with Crippen LogP contribution >= 0.6 is 23.2 Å². The highest BCUT2D eigenvalue weighted by molar-refractivity contribution is 6.35. The van der Waals surface area contributed by atoms with Crippen molar-refractivity contribution in [2.75, 3.05) is 11.1 Å². The molecule has 0 unspecified atom stereocenters. The number of halogens is 2. The summed E-state index contributed by atoms with van der Waals surface area (Å²) in [6.45, 7) is 5.80. The number of nitrogens with zero attached hydrogens (tertiary/aromatic N) is 1. The van der Waals surface area contributed by atoms with E-state index in [2.05, 4.69) is 10.3 Å². The number of pyridine rings is 1. The molecule has 21 heavy (non-hydrogen) atoms. The van der Waals surface area contributed by atoms with Crippen LogP contribution in [0.1, 0.15) is 20.8 Å². The van der Waals surface area contributed by atoms with E-state index in [0.717, 1.165) is 0 Å². The topological polar surface area (TPSA) is 60.2 Å². The zero-order valence-corrected chi connectivity index (χ0v) is 13.6. The van der Waals surface area contributed by atoms with Gasteiger partial charge in [0.15, 0.2) is 0 Å². The molecule has 0 aliphatic rings. The molecule has 2 aromatic rings. The summed E-state index contributed by atoms with van der Waals surface area (Å²) < 4.78 is 5.73. The second kappa shape index (κ2) is 6.00. The van der Waals surface area contributed by atoms with E-state index in [0.29, 0.717) is 33.1 Å². The molecule has 6 heteroatoms. The Labute approximate surface area is 134 Å². The second-order valence-electron chi connectivity index (χ2n) is 5.55. The molecule has 0 aliphatic heterocycles. The van der Waals surface area contributed by atoms with Gasteiger partial charge >= 0.3 is 0 Å². The lowest BCUT2D eigenvalue weighted by Crippen LogP contribution is -2.24. The van der Waals surface area contributed by atoms with Gasteiger partial charge in [0, 0.05) is 5.02 Å². The number of hydrogen-bond acceptors (Lipinski definition) is 4. The third-order valence-corrected chi connectivity index (χ3v) is 3.05. The van der Waals surface area contributed by atoms with Crippen LogP contribution < -0.4 is 15.8 Å². The van der Waals surface area contributed by atoms with E-state index in [1.165, 1.54) is 0 Å². The molecule has 0 saturated carbocycles. The summed E-state index contributed by atoms with van der Waals surface area (Å²) in [5.41, 5.74) is 6.65. The van der Waals surface area contributed by atoms with Gasteiger partial charge in [0.1, 0.15) is 11.4 Å². The highest BCUT2D eigenvalue weighted by Gasteiger charge is 2.15. The smallest absolute Gasteiger partial charge is 0.239 e. The number of aromatic nitrogens is 1. The quantitative estimate of drug-likeness (QED) is 0.843. The van der Waals surface area contributed by atoms with E-state index >= 15 is 0 Å². The van der Waals surface area contributed by atoms with Gasteiger partial charge in [0.05, 0.1) is 16.4 Å². The van der Waals surface area contributed by atoms with Crippen LogP contribution in [-0.4, -0.2) is 10.6 Å². The Morgan fingerprint density at radius 2 is 1.86 bits per heavy atom. The maximum Gasteiger partial charge on any atom is 0.239 e. The summed E-state index contributed by atoms with van der Waals surface area (Å²) in [5, 5.41) is 4.24. The van der Waals surface area contributed by atoms with Crippen molar-refractivity contribution in [2.45, 2.75) is 26.4 Å². The highest BCUT2D eigenvalue weighted by Crippen LogP contribution is 2.30. The average molecular weight is 326 g/mol. The summed E-state index contributed by atoms with van der Waals surface area (Å²) in [4.78, 5) is 4.36. The molecule has 1 aromatic heterocycles. The van der Waals surface area contributed by atoms with Gasteiger partial charge in [-0.2, -0.15) is 4.98 Å². The largest absolute Gasteiger partial charge is 0.470 e. The summed E-state index contributed by atoms with van der Waals surface area (Å²) in [6, 6.07) is 8.65. The summed E-state index contributed by atoms with van der Waals surface area (Å²) >= 11 is 12.1. The van der Waals surface area contributed by atoms with Gasteiger partial charge in [-0.15, -0.1) is 0 Å². The molecule has 0 saturated heterocycles. The molecule has 3 N–H and O–H groups in total. The van der Waals surface area contributed by atoms with E-state index in [4.69, 9.17) is 33.7 Å². The lowest BCUT2D eigenvalue weighted by molar-refractivity contribution is 0.125. The number of ether oxygens (including phenoxy) is 1. The summed E-state index contributed by atoms with van der Waals surface area (Å²) in [5.74, 6) is 0.957. The Kier molecular flexibility index (Phi) is 4.49. The van der Waals surface area contributed by atoms with E-state index in [-0.39, 0.29) is 5.60 Å². The maximum atomic E-state index is 6.12. The molecular formula is C15H17Cl2N3O. The Bertz CT molecular complexity index is 654. The van der Waals surface area contributed by atoms with Crippen LogP contribution in [0.3, 0.4) is 0 Å². The first-order chi connectivity index (χ1) is 9.74. The Morgan fingerprint density at radius 1 is 1.14 bits per heavy atom. The molecule has 0 aliphatic carbocycles. The van der Waals surface area contributed by atoms with Crippen molar-refractivity contribution in [1.82, 2.24) is 4.98 Å². The third kappa shape index (κ3) is 4.41. The minimum atomic E-state index is -0.382. The van der Waals surface area contributed by atoms with Gasteiger partial charge in [0.25, 0.3) is 0 Å². The molecule has 112 valence electrons. The zero-order valence-electron chi connectivity index (χ0n) is 12.1. The van der Waals surface area contributed by atoms with Gasteiger partial charge in [-0.25, -0.2) is 0 Å². The van der Waals surface area contributed by atoms with Crippen molar-refractivity contribution < 1.29 is 4.74 Å². The van der Waals surface area contributed by atoms with Crippen LogP contribution in [0.15, 0.2) is 30.3 Å². The molecule has 0 fully saturated rings. The lowest BCUT2D eigenvalue weighted by Gasteiger charge is -2.21. The van der Waals surface area contributed by atoms with Gasteiger partial charge in [-0.1, -0.05) is 23.2 Å². The molecule has 1 heterocycles. The first-order valence-electron chi connectivity index (χ1n) is 6.42. The zero-order chi connectivity index (χ0) is 15.6. The fourth-order valence-electron chi connectivity index (χ4n) is 1.62. The number of nitrogen functional groups attached to an aromatic ring is 1. The average Bonchev–Trinajstić information content (AvgIpc) is 2.36. The first-order valence-corrected chi connectivity index (χ1v) is 7.18. The number of anilines is 3. The first kappa shape index (κ1) is 15.7. The normalized spacial score (nSPS) is 11.3. The highest BCUT2D eigenvalue weighted by atomic mass is 35.5. The number of rotatable bonds is 3. The van der Waals surface area contributed by atoms with E-state index in [1.54, 1.807) is 30.3 Å². The lowest BCUT2D eigenvalue weighted by atomic mass is 10.2. The standard InChI is InChI=1S/C15H17Cl2N3O/c1-15(2,3)21-14-11(18)6-7-13(20-14)19-12-8-9(16)4-5-10(12)17/h4-8H,18H2,1-3H3,(H,19,20). The predicted molar refractivity (Wildman–Crippen MR) is 88.8 cm³/mol. The molecular weight excluding hydrogens is 309 g/mol. The fraction of sp³-hybridized carbons (Fsp3) is 0.267. The maximum absolute atomic E-state index is 6.12. The van der Waals surface area contributed by atoms with Crippen LogP contribution in [-0.2, 0) is 0 Å². The molecule has 0 radical (unpaired) electrons. The molecule has 0 amide bonds. The van der Waals surface area contributed by atoms with Crippen molar-refractivity contribution in [3.63, 3.8) is 0 Å². The number of benzene rings is 1. The van der Waals surface area contributed by atoms with Crippen molar-refractivity contribution in [1.29, 1.82) is 0 Å². The Balaban J connectivity index is 2.29. The number of nitrogens with one attached hydrogen (secondary N) is 1. The van der Waals surface area contributed by atoms with Crippen LogP contribution in [0.4, 0.5) is 17.2 Å². The number of hydrogen-bond donors (Lipinski definition) is 2. The van der Waals surface area contributed by atoms with E-state index < -0.39 is 0 Å². The van der Waals surface area contributed by atoms with Crippen LogP contribution in [0.5, 0.6) is 5.88 Å². The molecule has 0 bridgehead atoms. The molecule has 0 spiro atoms. The SMILES string of the molecule is CC(C)(C)Oc1nc(Nc2cc(Cl)ccc2Cl)ccc1N. The minimum absolute atomic E-state index is 0.380. The van der Waals surface area contributed by atoms with Crippen LogP contribution in [0.2, 0.25) is 10.0 Å². The van der Waals surface area contributed by atoms with Crippen molar-refractivity contribution >= 4 is 40.4 Å². The van der Waals surface area contributed by atoms with Gasteiger partial charge < -0.3 is 15.8 Å². The predicted octanol–water partition coefficient (Wildman–Crippen LogP) is 4.89. The Hall–Kier alpha value is -1.65. The minimum Gasteiger partial charge on any atom is -0.470 e. The fourth-order valence-corrected chi connectivity index (χ4v) is 1.96. The van der Waals surface area contributed by atoms with E-state index in [9.17, 15) is 0 Å². The monoisotopic (exact) mass is 325 g/mol. The Morgan fingerprint density at radius 3 is 2.52 bits per heavy atom. The van der Waals surface area contributed by atoms with E-state index in [1.807, 2.05) is 20.8 Å².